The molecule has 4 rings (SSSR count). The highest BCUT2D eigenvalue weighted by Gasteiger charge is 2.19. The van der Waals surface area contributed by atoms with E-state index in [0.29, 0.717) is 16.8 Å². The fourth-order valence-electron chi connectivity index (χ4n) is 3.34. The largest absolute Gasteiger partial charge is 0.450 e. The topological polar surface area (TPSA) is 62.6 Å². The molecule has 1 fully saturated rings. The number of hydrogen-bond acceptors (Lipinski definition) is 3. The Morgan fingerprint density at radius 1 is 1.00 bits per heavy atom. The third kappa shape index (κ3) is 3.76. The summed E-state index contributed by atoms with van der Waals surface area (Å²) in [6.45, 7) is 1.59. The SMILES string of the molecule is O=C(Nc1cccc(C(=O)N2CCCCC2)c1)c1cc2cccc(Br)c2o1. The minimum absolute atomic E-state index is 0.0125. The van der Waals surface area contributed by atoms with Gasteiger partial charge in [0.05, 0.1) is 4.47 Å². The maximum absolute atomic E-state index is 12.7. The molecule has 0 bridgehead atoms. The molecule has 0 radical (unpaired) electrons. The molecular weight excluding hydrogens is 408 g/mol. The van der Waals surface area contributed by atoms with Crippen LogP contribution in [-0.4, -0.2) is 29.8 Å². The average Bonchev–Trinajstić information content (AvgIpc) is 3.14. The number of likely N-dealkylation sites (tertiary alicyclic amines) is 1. The van der Waals surface area contributed by atoms with Crippen molar-refractivity contribution in [1.29, 1.82) is 0 Å². The number of anilines is 1. The van der Waals surface area contributed by atoms with Gasteiger partial charge in [0, 0.05) is 29.7 Å². The molecule has 6 heteroatoms. The fraction of sp³-hybridized carbons (Fsp3) is 0.238. The molecule has 3 aromatic rings. The predicted molar refractivity (Wildman–Crippen MR) is 108 cm³/mol. The lowest BCUT2D eigenvalue weighted by atomic mass is 10.1. The Morgan fingerprint density at radius 2 is 1.78 bits per heavy atom. The van der Waals surface area contributed by atoms with Crippen LogP contribution in [-0.2, 0) is 0 Å². The summed E-state index contributed by atoms with van der Waals surface area (Å²) >= 11 is 3.42. The number of furan rings is 1. The lowest BCUT2D eigenvalue weighted by Crippen LogP contribution is -2.35. The van der Waals surface area contributed by atoms with Crippen molar-refractivity contribution in [3.05, 3.63) is 64.3 Å². The van der Waals surface area contributed by atoms with E-state index in [0.717, 1.165) is 35.8 Å². The molecule has 1 aromatic heterocycles. The number of carbonyl (C=O) groups is 2. The molecule has 2 aromatic carbocycles. The summed E-state index contributed by atoms with van der Waals surface area (Å²) in [7, 11) is 0. The van der Waals surface area contributed by atoms with Gasteiger partial charge in [-0.05, 0) is 65.5 Å². The Kier molecular flexibility index (Phi) is 4.99. The van der Waals surface area contributed by atoms with Crippen molar-refractivity contribution in [2.24, 2.45) is 0 Å². The number of fused-ring (bicyclic) bond motifs is 1. The van der Waals surface area contributed by atoms with Gasteiger partial charge in [-0.25, -0.2) is 0 Å². The minimum atomic E-state index is -0.347. The summed E-state index contributed by atoms with van der Waals surface area (Å²) < 4.78 is 6.47. The summed E-state index contributed by atoms with van der Waals surface area (Å²) in [6, 6.07) is 14.4. The Bertz CT molecular complexity index is 1010. The molecular formula is C21H19BrN2O3. The van der Waals surface area contributed by atoms with Crippen LogP contribution in [0.4, 0.5) is 5.69 Å². The van der Waals surface area contributed by atoms with Crippen LogP contribution in [0.1, 0.15) is 40.2 Å². The quantitative estimate of drug-likeness (QED) is 0.635. The standard InChI is InChI=1S/C21H19BrN2O3/c22-17-9-5-6-14-13-18(27-19(14)17)20(25)23-16-8-4-7-15(12-16)21(26)24-10-2-1-3-11-24/h4-9,12-13H,1-3,10-11H2,(H,23,25). The van der Waals surface area contributed by atoms with Gasteiger partial charge in [0.2, 0.25) is 0 Å². The second-order valence-corrected chi connectivity index (χ2v) is 7.51. The predicted octanol–water partition coefficient (Wildman–Crippen LogP) is 5.07. The number of nitrogens with one attached hydrogen (secondary N) is 1. The van der Waals surface area contributed by atoms with E-state index in [1.54, 1.807) is 30.3 Å². The Labute approximate surface area is 165 Å². The Morgan fingerprint density at radius 3 is 2.56 bits per heavy atom. The van der Waals surface area contributed by atoms with E-state index in [2.05, 4.69) is 21.2 Å². The van der Waals surface area contributed by atoms with Crippen molar-refractivity contribution in [3.8, 4) is 0 Å². The molecule has 2 heterocycles. The molecule has 0 aliphatic carbocycles. The minimum Gasteiger partial charge on any atom is -0.450 e. The van der Waals surface area contributed by atoms with Crippen LogP contribution in [0.3, 0.4) is 0 Å². The van der Waals surface area contributed by atoms with Crippen molar-refractivity contribution >= 4 is 44.4 Å². The zero-order valence-corrected chi connectivity index (χ0v) is 16.3. The highest BCUT2D eigenvalue weighted by Crippen LogP contribution is 2.27. The Balaban J connectivity index is 1.52. The molecule has 1 N–H and O–H groups in total. The first kappa shape index (κ1) is 17.8. The molecule has 1 aliphatic heterocycles. The summed E-state index contributed by atoms with van der Waals surface area (Å²) in [6.07, 6.45) is 3.26. The second kappa shape index (κ2) is 7.56. The van der Waals surface area contributed by atoms with Crippen molar-refractivity contribution in [3.63, 3.8) is 0 Å². The number of amides is 2. The van der Waals surface area contributed by atoms with E-state index in [4.69, 9.17) is 4.42 Å². The number of rotatable bonds is 3. The van der Waals surface area contributed by atoms with E-state index in [1.807, 2.05) is 23.1 Å². The van der Waals surface area contributed by atoms with Crippen molar-refractivity contribution in [2.45, 2.75) is 19.3 Å². The molecule has 5 nitrogen and oxygen atoms in total. The number of halogens is 1. The van der Waals surface area contributed by atoms with E-state index in [1.165, 1.54) is 6.42 Å². The van der Waals surface area contributed by atoms with Gasteiger partial charge in [0.1, 0.15) is 5.58 Å². The van der Waals surface area contributed by atoms with Crippen molar-refractivity contribution in [2.75, 3.05) is 18.4 Å². The molecule has 27 heavy (non-hydrogen) atoms. The second-order valence-electron chi connectivity index (χ2n) is 6.66. The monoisotopic (exact) mass is 426 g/mol. The van der Waals surface area contributed by atoms with Crippen LogP contribution in [0, 0.1) is 0 Å². The number of carbonyl (C=O) groups excluding carboxylic acids is 2. The molecule has 0 atom stereocenters. The number of para-hydroxylation sites is 1. The van der Waals surface area contributed by atoms with Gasteiger partial charge >= 0.3 is 0 Å². The van der Waals surface area contributed by atoms with E-state index in [9.17, 15) is 9.59 Å². The van der Waals surface area contributed by atoms with Gasteiger partial charge in [0.15, 0.2) is 5.76 Å². The Hall–Kier alpha value is -2.60. The molecule has 2 amide bonds. The summed E-state index contributed by atoms with van der Waals surface area (Å²) in [4.78, 5) is 27.1. The lowest BCUT2D eigenvalue weighted by molar-refractivity contribution is 0.0724. The van der Waals surface area contributed by atoms with Gasteiger partial charge in [0.25, 0.3) is 11.8 Å². The third-order valence-electron chi connectivity index (χ3n) is 4.73. The number of benzene rings is 2. The summed E-state index contributed by atoms with van der Waals surface area (Å²) in [5.74, 6) is -0.108. The average molecular weight is 427 g/mol. The molecule has 0 unspecified atom stereocenters. The van der Waals surface area contributed by atoms with Gasteiger partial charge in [-0.1, -0.05) is 18.2 Å². The maximum Gasteiger partial charge on any atom is 0.291 e. The first-order valence-electron chi connectivity index (χ1n) is 9.00. The van der Waals surface area contributed by atoms with Crippen molar-refractivity contribution in [1.82, 2.24) is 4.90 Å². The van der Waals surface area contributed by atoms with Crippen LogP contribution >= 0.6 is 15.9 Å². The van der Waals surface area contributed by atoms with Crippen LogP contribution in [0.25, 0.3) is 11.0 Å². The molecule has 0 spiro atoms. The smallest absolute Gasteiger partial charge is 0.291 e. The lowest BCUT2D eigenvalue weighted by Gasteiger charge is -2.26. The highest BCUT2D eigenvalue weighted by molar-refractivity contribution is 9.10. The zero-order valence-electron chi connectivity index (χ0n) is 14.7. The number of hydrogen-bond donors (Lipinski definition) is 1. The van der Waals surface area contributed by atoms with Gasteiger partial charge < -0.3 is 14.6 Å². The highest BCUT2D eigenvalue weighted by atomic mass is 79.9. The third-order valence-corrected chi connectivity index (χ3v) is 5.35. The van der Waals surface area contributed by atoms with Gasteiger partial charge in [-0.2, -0.15) is 0 Å². The van der Waals surface area contributed by atoms with E-state index in [-0.39, 0.29) is 17.6 Å². The number of nitrogens with zero attached hydrogens (tertiary/aromatic N) is 1. The fourth-order valence-corrected chi connectivity index (χ4v) is 3.80. The van der Waals surface area contributed by atoms with Gasteiger partial charge in [-0.15, -0.1) is 0 Å². The van der Waals surface area contributed by atoms with Crippen LogP contribution in [0.5, 0.6) is 0 Å². The van der Waals surface area contributed by atoms with Crippen LogP contribution in [0.15, 0.2) is 57.4 Å². The maximum atomic E-state index is 12.7. The van der Waals surface area contributed by atoms with Gasteiger partial charge in [-0.3, -0.25) is 9.59 Å². The molecule has 1 aliphatic rings. The number of piperidine rings is 1. The first-order valence-corrected chi connectivity index (χ1v) is 9.80. The summed E-state index contributed by atoms with van der Waals surface area (Å²) in [5.41, 5.74) is 1.79. The van der Waals surface area contributed by atoms with Crippen molar-refractivity contribution < 1.29 is 14.0 Å². The van der Waals surface area contributed by atoms with E-state index >= 15 is 0 Å². The van der Waals surface area contributed by atoms with E-state index < -0.39 is 0 Å². The first-order chi connectivity index (χ1) is 13.1. The van der Waals surface area contributed by atoms with Crippen LogP contribution < -0.4 is 5.32 Å². The molecule has 0 saturated carbocycles. The zero-order chi connectivity index (χ0) is 18.8. The summed E-state index contributed by atoms with van der Waals surface area (Å²) in [5, 5.41) is 3.67. The molecule has 138 valence electrons. The normalized spacial score (nSPS) is 14.3. The molecule has 1 saturated heterocycles. The van der Waals surface area contributed by atoms with Crippen LogP contribution in [0.2, 0.25) is 0 Å².